The minimum absolute atomic E-state index is 0. The molecule has 0 bridgehead atoms. The monoisotopic (exact) mass is 286 g/mol. The van der Waals surface area contributed by atoms with Gasteiger partial charge in [0, 0.05) is 39.0 Å². The quantitative estimate of drug-likeness (QED) is 0.443. The molecule has 0 aliphatic heterocycles. The van der Waals surface area contributed by atoms with Crippen molar-refractivity contribution in [3.63, 3.8) is 0 Å². The van der Waals surface area contributed by atoms with Crippen LogP contribution in [0.25, 0.3) is 0 Å². The predicted molar refractivity (Wildman–Crippen MR) is 6.92 cm³/mol. The molecule has 0 saturated carbocycles. The molecule has 0 aromatic heterocycles. The van der Waals surface area contributed by atoms with E-state index in [-0.39, 0.29) is 91.8 Å². The summed E-state index contributed by atoms with van der Waals surface area (Å²) in [5, 5.41) is 0. The largest absolute Gasteiger partial charge is 0 e. The Labute approximate surface area is 119 Å². The van der Waals surface area contributed by atoms with Gasteiger partial charge in [0.25, 0.3) is 0 Å². The SMILES string of the molecule is [H-].[K+].[O]=[Cr](=[O])([OH])[OH].[Zn].[Zn]. The molecule has 4 nitrogen and oxygen atoms in total. The first-order valence-corrected chi connectivity index (χ1v) is 2.88. The van der Waals surface area contributed by atoms with Gasteiger partial charge in [-0.2, -0.15) is 0 Å². The van der Waals surface area contributed by atoms with E-state index in [0.29, 0.717) is 0 Å². The van der Waals surface area contributed by atoms with E-state index in [1.165, 1.54) is 0 Å². The van der Waals surface area contributed by atoms with Gasteiger partial charge in [-0.3, -0.25) is 0 Å². The van der Waals surface area contributed by atoms with Crippen molar-refractivity contribution in [3.05, 3.63) is 0 Å². The zero-order valence-corrected chi connectivity index (χ0v) is 14.9. The van der Waals surface area contributed by atoms with E-state index in [9.17, 15) is 0 Å². The zero-order chi connectivity index (χ0) is 4.50. The standard InChI is InChI=1S/Cr.K.2H2O.2O.2Zn.H/h;;2*1H2;;;;;/q+2;+1;;;;;;;-1/p-2. The predicted octanol–water partition coefficient (Wildman–Crippen LogP) is -4.24. The molecule has 0 heterocycles. The summed E-state index contributed by atoms with van der Waals surface area (Å²) in [6.07, 6.45) is 0. The summed E-state index contributed by atoms with van der Waals surface area (Å²) in [4.78, 5) is 0. The van der Waals surface area contributed by atoms with E-state index in [4.69, 9.17) is 15.9 Å². The maximum absolute atomic E-state index is 8.82. The average Bonchev–Trinajstić information content (AvgIpc) is 0.722. The fraction of sp³-hybridized carbons (Fsp3) is 0. The Kier molecular flexibility index (Phi) is 27.9. The van der Waals surface area contributed by atoms with Crippen molar-refractivity contribution in [1.82, 2.24) is 0 Å². The summed E-state index contributed by atoms with van der Waals surface area (Å²) in [5.41, 5.74) is 0. The van der Waals surface area contributed by atoms with E-state index in [2.05, 4.69) is 0 Å². The second-order valence-electron chi connectivity index (χ2n) is 0.448. The minimum Gasteiger partial charge on any atom is 0 e. The number of rotatable bonds is 0. The smallest absolute Gasteiger partial charge is 0 e. The normalized spacial score (nSPS) is 7.25. The van der Waals surface area contributed by atoms with E-state index < -0.39 is 13.6 Å². The summed E-state index contributed by atoms with van der Waals surface area (Å²) < 4.78 is 31.9. The Morgan fingerprint density at radius 1 is 1.12 bits per heavy atom. The maximum Gasteiger partial charge on any atom is 0 e. The first kappa shape index (κ1) is 22.4. The third-order valence-electron chi connectivity index (χ3n) is 0. The van der Waals surface area contributed by atoms with E-state index in [0.717, 1.165) is 0 Å². The first-order chi connectivity index (χ1) is 2.00. The van der Waals surface area contributed by atoms with Crippen LogP contribution in [0.2, 0.25) is 0 Å². The topological polar surface area (TPSA) is 74.6 Å². The molecule has 0 unspecified atom stereocenters. The molecule has 0 aromatic carbocycles. The van der Waals surface area contributed by atoms with Gasteiger partial charge < -0.3 is 1.43 Å². The van der Waals surface area contributed by atoms with Gasteiger partial charge in [0.1, 0.15) is 0 Å². The Morgan fingerprint density at radius 3 is 1.12 bits per heavy atom. The second-order valence-corrected chi connectivity index (χ2v) is 1.85. The van der Waals surface area contributed by atoms with Crippen LogP contribution in [0.15, 0.2) is 0 Å². The molecule has 38 valence electrons. The van der Waals surface area contributed by atoms with Gasteiger partial charge in [-0.1, -0.05) is 0 Å². The van der Waals surface area contributed by atoms with Gasteiger partial charge >= 0.3 is 80.9 Å². The van der Waals surface area contributed by atoms with Crippen molar-refractivity contribution in [2.75, 3.05) is 0 Å². The Morgan fingerprint density at radius 2 is 1.12 bits per heavy atom. The summed E-state index contributed by atoms with van der Waals surface area (Å²) >= 11 is -5.25. The van der Waals surface area contributed by atoms with Gasteiger partial charge in [0.15, 0.2) is 0 Å². The van der Waals surface area contributed by atoms with Crippen LogP contribution in [0, 0.1) is 0 Å². The molecule has 0 rings (SSSR count). The van der Waals surface area contributed by atoms with Crippen LogP contribution >= 0.6 is 0 Å². The van der Waals surface area contributed by atoms with Gasteiger partial charge in [-0.05, 0) is 0 Å². The molecule has 0 fully saturated rings. The fourth-order valence-electron chi connectivity index (χ4n) is 0. The fourth-order valence-corrected chi connectivity index (χ4v) is 0. The number of hydrogen-bond donors (Lipinski definition) is 2. The third kappa shape index (κ3) is 65.3. The Hall–Kier alpha value is 2.94. The van der Waals surface area contributed by atoms with Crippen molar-refractivity contribution in [3.8, 4) is 0 Å². The summed E-state index contributed by atoms with van der Waals surface area (Å²) in [5.74, 6) is 0. The maximum atomic E-state index is 8.82. The van der Waals surface area contributed by atoms with Crippen LogP contribution in [-0.4, -0.2) is 8.32 Å². The van der Waals surface area contributed by atoms with Crippen LogP contribution in [0.4, 0.5) is 0 Å². The van der Waals surface area contributed by atoms with Crippen molar-refractivity contribution < 1.29 is 121 Å². The van der Waals surface area contributed by atoms with Crippen LogP contribution in [0.5, 0.6) is 0 Å². The van der Waals surface area contributed by atoms with Crippen molar-refractivity contribution in [1.29, 1.82) is 0 Å². The van der Waals surface area contributed by atoms with Crippen LogP contribution < -0.4 is 51.4 Å². The summed E-state index contributed by atoms with van der Waals surface area (Å²) in [6.45, 7) is 0. The molecule has 0 spiro atoms. The molecule has 0 radical (unpaired) electrons. The van der Waals surface area contributed by atoms with Crippen LogP contribution in [0.3, 0.4) is 0 Å². The molecule has 0 aliphatic carbocycles. The summed E-state index contributed by atoms with van der Waals surface area (Å²) in [6, 6.07) is 0. The minimum atomic E-state index is -5.25. The number of hydrogen-bond acceptors (Lipinski definition) is 2. The second kappa shape index (κ2) is 9.94. The molecule has 8 heavy (non-hydrogen) atoms. The molecule has 8 heteroatoms. The van der Waals surface area contributed by atoms with Crippen molar-refractivity contribution in [2.45, 2.75) is 0 Å². The van der Waals surface area contributed by atoms with E-state index in [1.807, 2.05) is 0 Å². The molecular formula is H3CrKO4Zn2. The van der Waals surface area contributed by atoms with Crippen LogP contribution in [0.1, 0.15) is 1.43 Å². The molecule has 2 N–H and O–H groups in total. The molecule has 0 aromatic rings. The van der Waals surface area contributed by atoms with E-state index in [1.54, 1.807) is 0 Å². The van der Waals surface area contributed by atoms with Crippen LogP contribution in [-0.2, 0) is 60.2 Å². The molecule has 0 saturated heterocycles. The Bertz CT molecular complexity index is 102. The van der Waals surface area contributed by atoms with E-state index >= 15 is 0 Å². The first-order valence-electron chi connectivity index (χ1n) is 0.698. The van der Waals surface area contributed by atoms with Gasteiger partial charge in [0.2, 0.25) is 0 Å². The van der Waals surface area contributed by atoms with Gasteiger partial charge in [0.05, 0.1) is 0 Å². The third-order valence-corrected chi connectivity index (χ3v) is 0. The van der Waals surface area contributed by atoms with Crippen molar-refractivity contribution in [2.24, 2.45) is 0 Å². The molecular weight excluding hydrogens is 286 g/mol. The molecule has 0 atom stereocenters. The average molecular weight is 289 g/mol. The van der Waals surface area contributed by atoms with Crippen molar-refractivity contribution >= 4 is 0 Å². The molecule has 0 amide bonds. The van der Waals surface area contributed by atoms with Gasteiger partial charge in [-0.25, -0.2) is 0 Å². The van der Waals surface area contributed by atoms with Gasteiger partial charge in [-0.15, -0.1) is 0 Å². The summed E-state index contributed by atoms with van der Waals surface area (Å²) in [7, 11) is 0. The Balaban J connectivity index is -0.0000000133. The molecule has 0 aliphatic rings. The zero-order valence-electron chi connectivity index (χ0n) is 5.53.